The molecular formula is C16H17NOS. The highest BCUT2D eigenvalue weighted by Crippen LogP contribution is 2.37. The van der Waals surface area contributed by atoms with Gasteiger partial charge >= 0.3 is 0 Å². The number of hydrogen-bond acceptors (Lipinski definition) is 3. The van der Waals surface area contributed by atoms with Crippen molar-refractivity contribution < 1.29 is 5.11 Å². The van der Waals surface area contributed by atoms with E-state index in [0.717, 1.165) is 17.9 Å². The molecule has 1 heterocycles. The number of hydrogen-bond donors (Lipinski definition) is 2. The summed E-state index contributed by atoms with van der Waals surface area (Å²) in [6.07, 6.45) is 0. The molecule has 0 aromatic heterocycles. The van der Waals surface area contributed by atoms with Crippen molar-refractivity contribution >= 4 is 11.8 Å². The van der Waals surface area contributed by atoms with Gasteiger partial charge in [-0.15, -0.1) is 11.8 Å². The van der Waals surface area contributed by atoms with Gasteiger partial charge in [0, 0.05) is 23.2 Å². The van der Waals surface area contributed by atoms with Gasteiger partial charge in [0.1, 0.15) is 0 Å². The van der Waals surface area contributed by atoms with E-state index in [4.69, 9.17) is 5.11 Å². The van der Waals surface area contributed by atoms with Gasteiger partial charge in [-0.2, -0.15) is 0 Å². The van der Waals surface area contributed by atoms with Crippen LogP contribution >= 0.6 is 11.8 Å². The van der Waals surface area contributed by atoms with Gasteiger partial charge < -0.3 is 10.4 Å². The largest absolute Gasteiger partial charge is 0.392 e. The standard InChI is InChI=1S/C16H17NOS/c18-10-13-7-5-12(6-8-13)9-17-15-11-19-16-4-2-1-3-14(15)16/h1-8,15,17-18H,9-11H2. The van der Waals surface area contributed by atoms with E-state index in [1.165, 1.54) is 16.0 Å². The molecule has 1 aliphatic rings. The molecule has 1 atom stereocenters. The zero-order valence-electron chi connectivity index (χ0n) is 10.7. The van der Waals surface area contributed by atoms with Crippen molar-refractivity contribution in [2.24, 2.45) is 0 Å². The Bertz CT molecular complexity index is 553. The molecule has 0 spiro atoms. The summed E-state index contributed by atoms with van der Waals surface area (Å²) in [7, 11) is 0. The molecule has 0 amide bonds. The first-order valence-corrected chi connectivity index (χ1v) is 7.49. The van der Waals surface area contributed by atoms with E-state index in [1.807, 2.05) is 23.9 Å². The monoisotopic (exact) mass is 271 g/mol. The molecule has 98 valence electrons. The van der Waals surface area contributed by atoms with Crippen LogP contribution in [0.1, 0.15) is 22.7 Å². The number of aliphatic hydroxyl groups excluding tert-OH is 1. The highest BCUT2D eigenvalue weighted by Gasteiger charge is 2.21. The SMILES string of the molecule is OCc1ccc(CNC2CSc3ccccc32)cc1. The van der Waals surface area contributed by atoms with Crippen molar-refractivity contribution in [2.45, 2.75) is 24.1 Å². The summed E-state index contributed by atoms with van der Waals surface area (Å²) < 4.78 is 0. The minimum absolute atomic E-state index is 0.111. The van der Waals surface area contributed by atoms with Crippen LogP contribution in [0.15, 0.2) is 53.4 Å². The highest BCUT2D eigenvalue weighted by molar-refractivity contribution is 7.99. The van der Waals surface area contributed by atoms with Crippen molar-refractivity contribution in [3.8, 4) is 0 Å². The van der Waals surface area contributed by atoms with Crippen molar-refractivity contribution in [1.82, 2.24) is 5.32 Å². The number of rotatable bonds is 4. The van der Waals surface area contributed by atoms with Crippen LogP contribution < -0.4 is 5.32 Å². The summed E-state index contributed by atoms with van der Waals surface area (Å²) in [5.74, 6) is 1.11. The molecule has 0 aliphatic carbocycles. The third-order valence-electron chi connectivity index (χ3n) is 3.46. The fourth-order valence-electron chi connectivity index (χ4n) is 2.34. The number of fused-ring (bicyclic) bond motifs is 1. The zero-order chi connectivity index (χ0) is 13.1. The van der Waals surface area contributed by atoms with Gasteiger partial charge in [0.25, 0.3) is 0 Å². The van der Waals surface area contributed by atoms with Gasteiger partial charge in [0.05, 0.1) is 6.61 Å². The minimum Gasteiger partial charge on any atom is -0.392 e. The fraction of sp³-hybridized carbons (Fsp3) is 0.250. The molecule has 2 aromatic rings. The van der Waals surface area contributed by atoms with E-state index in [0.29, 0.717) is 6.04 Å². The van der Waals surface area contributed by atoms with Crippen LogP contribution in [0.3, 0.4) is 0 Å². The molecule has 2 nitrogen and oxygen atoms in total. The van der Waals surface area contributed by atoms with Crippen molar-refractivity contribution in [3.63, 3.8) is 0 Å². The van der Waals surface area contributed by atoms with Gasteiger partial charge in [-0.05, 0) is 22.8 Å². The summed E-state index contributed by atoms with van der Waals surface area (Å²) in [5.41, 5.74) is 3.64. The summed E-state index contributed by atoms with van der Waals surface area (Å²) >= 11 is 1.92. The third-order valence-corrected chi connectivity index (χ3v) is 4.64. The highest BCUT2D eigenvalue weighted by atomic mass is 32.2. The fourth-order valence-corrected chi connectivity index (χ4v) is 3.53. The van der Waals surface area contributed by atoms with Gasteiger partial charge in [-0.3, -0.25) is 0 Å². The van der Waals surface area contributed by atoms with Crippen LogP contribution in [0.4, 0.5) is 0 Å². The second-order valence-electron chi connectivity index (χ2n) is 4.76. The Hall–Kier alpha value is -1.29. The molecule has 0 radical (unpaired) electrons. The molecule has 0 saturated carbocycles. The first-order valence-electron chi connectivity index (χ1n) is 6.50. The summed E-state index contributed by atoms with van der Waals surface area (Å²) in [5, 5.41) is 12.6. The molecular weight excluding hydrogens is 254 g/mol. The Morgan fingerprint density at radius 1 is 1.05 bits per heavy atom. The molecule has 2 aromatic carbocycles. The van der Waals surface area contributed by atoms with Crippen LogP contribution in [-0.2, 0) is 13.2 Å². The van der Waals surface area contributed by atoms with Gasteiger partial charge in [-0.25, -0.2) is 0 Å². The van der Waals surface area contributed by atoms with Gasteiger partial charge in [0.15, 0.2) is 0 Å². The first-order chi connectivity index (χ1) is 9.36. The Morgan fingerprint density at radius 3 is 2.58 bits per heavy atom. The molecule has 0 bridgehead atoms. The normalized spacial score (nSPS) is 17.4. The average Bonchev–Trinajstić information content (AvgIpc) is 2.89. The predicted molar refractivity (Wildman–Crippen MR) is 79.1 cm³/mol. The number of aliphatic hydroxyl groups is 1. The van der Waals surface area contributed by atoms with Crippen molar-refractivity contribution in [2.75, 3.05) is 5.75 Å². The first kappa shape index (κ1) is 12.7. The van der Waals surface area contributed by atoms with Crippen LogP contribution in [0.25, 0.3) is 0 Å². The Kier molecular flexibility index (Phi) is 3.87. The molecule has 19 heavy (non-hydrogen) atoms. The number of thioether (sulfide) groups is 1. The molecule has 0 fully saturated rings. The predicted octanol–water partition coefficient (Wildman–Crippen LogP) is 3.12. The third kappa shape index (κ3) is 2.84. The maximum atomic E-state index is 9.02. The van der Waals surface area contributed by atoms with Gasteiger partial charge in [0.2, 0.25) is 0 Å². The Morgan fingerprint density at radius 2 is 1.79 bits per heavy atom. The van der Waals surface area contributed by atoms with E-state index in [2.05, 4.69) is 41.7 Å². The number of benzene rings is 2. The summed E-state index contributed by atoms with van der Waals surface area (Å²) in [6.45, 7) is 0.978. The quantitative estimate of drug-likeness (QED) is 0.896. The summed E-state index contributed by atoms with van der Waals surface area (Å²) in [4.78, 5) is 1.40. The Labute approximate surface area is 117 Å². The summed E-state index contributed by atoms with van der Waals surface area (Å²) in [6, 6.07) is 17.2. The van der Waals surface area contributed by atoms with Crippen LogP contribution in [0, 0.1) is 0 Å². The van der Waals surface area contributed by atoms with Crippen LogP contribution in [0.5, 0.6) is 0 Å². The maximum Gasteiger partial charge on any atom is 0.0681 e. The van der Waals surface area contributed by atoms with Crippen molar-refractivity contribution in [3.05, 3.63) is 65.2 Å². The van der Waals surface area contributed by atoms with E-state index in [-0.39, 0.29) is 6.61 Å². The van der Waals surface area contributed by atoms with E-state index < -0.39 is 0 Å². The topological polar surface area (TPSA) is 32.3 Å². The van der Waals surface area contributed by atoms with Crippen molar-refractivity contribution in [1.29, 1.82) is 0 Å². The zero-order valence-corrected chi connectivity index (χ0v) is 11.5. The maximum absolute atomic E-state index is 9.02. The number of nitrogens with one attached hydrogen (secondary N) is 1. The lowest BCUT2D eigenvalue weighted by molar-refractivity contribution is 0.282. The molecule has 1 unspecified atom stereocenters. The van der Waals surface area contributed by atoms with Crippen LogP contribution in [0.2, 0.25) is 0 Å². The van der Waals surface area contributed by atoms with E-state index in [1.54, 1.807) is 0 Å². The van der Waals surface area contributed by atoms with E-state index >= 15 is 0 Å². The lowest BCUT2D eigenvalue weighted by Gasteiger charge is -2.13. The lowest BCUT2D eigenvalue weighted by atomic mass is 10.1. The molecule has 2 N–H and O–H groups in total. The molecule has 0 saturated heterocycles. The minimum atomic E-state index is 0.111. The van der Waals surface area contributed by atoms with Crippen LogP contribution in [-0.4, -0.2) is 10.9 Å². The smallest absolute Gasteiger partial charge is 0.0681 e. The van der Waals surface area contributed by atoms with E-state index in [9.17, 15) is 0 Å². The van der Waals surface area contributed by atoms with Gasteiger partial charge in [-0.1, -0.05) is 42.5 Å². The Balaban J connectivity index is 1.64. The average molecular weight is 271 g/mol. The molecule has 1 aliphatic heterocycles. The second-order valence-corrected chi connectivity index (χ2v) is 5.82. The second kappa shape index (κ2) is 5.78. The molecule has 3 heteroatoms. The lowest BCUT2D eigenvalue weighted by Crippen LogP contribution is -2.20. The molecule has 3 rings (SSSR count).